The van der Waals surface area contributed by atoms with Gasteiger partial charge in [-0.15, -0.1) is 11.3 Å². The fraction of sp³-hybridized carbons (Fsp3) is 0.500. The van der Waals surface area contributed by atoms with Gasteiger partial charge >= 0.3 is 0 Å². The van der Waals surface area contributed by atoms with Crippen LogP contribution in [0.1, 0.15) is 61.2 Å². The van der Waals surface area contributed by atoms with Crippen molar-refractivity contribution in [1.29, 1.82) is 0 Å². The Morgan fingerprint density at radius 3 is 2.70 bits per heavy atom. The second kappa shape index (κ2) is 8.80. The van der Waals surface area contributed by atoms with Gasteiger partial charge in [0, 0.05) is 17.3 Å². The van der Waals surface area contributed by atoms with E-state index in [2.05, 4.69) is 30.4 Å². The van der Waals surface area contributed by atoms with Crippen LogP contribution >= 0.6 is 11.3 Å². The number of benzene rings is 1. The summed E-state index contributed by atoms with van der Waals surface area (Å²) >= 11 is 1.81. The average Bonchev–Trinajstić information content (AvgIpc) is 3.23. The molecule has 3 aromatic rings. The normalized spacial score (nSPS) is 16.7. The molecule has 5 rings (SSSR count). The summed E-state index contributed by atoms with van der Waals surface area (Å²) in [6.45, 7) is 4.28. The third kappa shape index (κ3) is 4.10. The molecule has 1 N–H and O–H groups in total. The highest BCUT2D eigenvalue weighted by atomic mass is 32.1. The number of aromatic nitrogens is 2. The number of hydrogen-bond acceptors (Lipinski definition) is 6. The summed E-state index contributed by atoms with van der Waals surface area (Å²) in [4.78, 5) is 12.5. The van der Waals surface area contributed by atoms with Gasteiger partial charge < -0.3 is 14.8 Å². The molecular weight excluding hydrogens is 394 g/mol. The van der Waals surface area contributed by atoms with E-state index < -0.39 is 0 Å². The number of nitrogens with one attached hydrogen (secondary N) is 1. The van der Waals surface area contributed by atoms with E-state index >= 15 is 0 Å². The van der Waals surface area contributed by atoms with Crippen LogP contribution in [0.15, 0.2) is 24.3 Å². The smallest absolute Gasteiger partial charge is 0.161 e. The fourth-order valence-electron chi connectivity index (χ4n) is 4.41. The molecule has 0 amide bonds. The predicted molar refractivity (Wildman–Crippen MR) is 122 cm³/mol. The lowest BCUT2D eigenvalue weighted by Crippen LogP contribution is -2.15. The topological polar surface area (TPSA) is 56.3 Å². The molecule has 6 heteroatoms. The number of thiophene rings is 1. The van der Waals surface area contributed by atoms with E-state index in [1.807, 2.05) is 17.4 Å². The first-order valence-corrected chi connectivity index (χ1v) is 12.0. The molecule has 0 spiro atoms. The quantitative estimate of drug-likeness (QED) is 0.549. The molecule has 1 aliphatic carbocycles. The van der Waals surface area contributed by atoms with Gasteiger partial charge in [-0.25, -0.2) is 9.97 Å². The largest absolute Gasteiger partial charge is 0.486 e. The van der Waals surface area contributed by atoms with Crippen LogP contribution in [0.4, 0.5) is 5.82 Å². The Morgan fingerprint density at radius 1 is 1.03 bits per heavy atom. The number of anilines is 1. The number of ether oxygens (including phenoxy) is 2. The lowest BCUT2D eigenvalue weighted by Gasteiger charge is -2.21. The monoisotopic (exact) mass is 423 g/mol. The SMILES string of the molecule is CCc1cc2c(NCCc3ccc4c(c3)OCCO4)nc(C3CCCCC3)nc2s1. The van der Waals surface area contributed by atoms with E-state index in [9.17, 15) is 0 Å². The van der Waals surface area contributed by atoms with Gasteiger partial charge in [-0.2, -0.15) is 0 Å². The summed E-state index contributed by atoms with van der Waals surface area (Å²) in [7, 11) is 0. The van der Waals surface area contributed by atoms with Crippen LogP contribution in [-0.4, -0.2) is 29.7 Å². The van der Waals surface area contributed by atoms with Crippen LogP contribution in [0.2, 0.25) is 0 Å². The van der Waals surface area contributed by atoms with Crippen LogP contribution in [0.5, 0.6) is 11.5 Å². The van der Waals surface area contributed by atoms with Crippen molar-refractivity contribution < 1.29 is 9.47 Å². The molecule has 0 unspecified atom stereocenters. The number of aryl methyl sites for hydroxylation is 1. The Labute approximate surface area is 181 Å². The Morgan fingerprint density at radius 2 is 1.87 bits per heavy atom. The van der Waals surface area contributed by atoms with Gasteiger partial charge in [0.1, 0.15) is 29.7 Å². The molecule has 2 aromatic heterocycles. The summed E-state index contributed by atoms with van der Waals surface area (Å²) in [6.07, 6.45) is 8.32. The third-order valence-electron chi connectivity index (χ3n) is 6.09. The highest BCUT2D eigenvalue weighted by Gasteiger charge is 2.21. The molecule has 5 nitrogen and oxygen atoms in total. The van der Waals surface area contributed by atoms with Crippen molar-refractivity contribution in [2.24, 2.45) is 0 Å². The van der Waals surface area contributed by atoms with E-state index in [1.54, 1.807) is 0 Å². The Balaban J connectivity index is 1.35. The number of fused-ring (bicyclic) bond motifs is 2. The molecular formula is C24H29N3O2S. The van der Waals surface area contributed by atoms with Gasteiger partial charge in [0.15, 0.2) is 11.5 Å². The second-order valence-corrected chi connectivity index (χ2v) is 9.32. The minimum atomic E-state index is 0.508. The zero-order valence-corrected chi connectivity index (χ0v) is 18.4. The number of hydrogen-bond donors (Lipinski definition) is 1. The molecule has 158 valence electrons. The van der Waals surface area contributed by atoms with E-state index in [-0.39, 0.29) is 0 Å². The molecule has 1 aromatic carbocycles. The van der Waals surface area contributed by atoms with Gasteiger partial charge in [0.2, 0.25) is 0 Å². The number of nitrogens with zero attached hydrogens (tertiary/aromatic N) is 2. The van der Waals surface area contributed by atoms with E-state index in [0.29, 0.717) is 19.1 Å². The maximum atomic E-state index is 5.72. The summed E-state index contributed by atoms with van der Waals surface area (Å²) in [5, 5.41) is 4.78. The predicted octanol–water partition coefficient (Wildman–Crippen LogP) is 5.73. The molecule has 3 heterocycles. The number of rotatable bonds is 6. The molecule has 30 heavy (non-hydrogen) atoms. The molecule has 0 bridgehead atoms. The molecule has 1 saturated carbocycles. The molecule has 1 fully saturated rings. The van der Waals surface area contributed by atoms with Crippen molar-refractivity contribution >= 4 is 27.4 Å². The molecule has 1 aliphatic heterocycles. The molecule has 2 aliphatic rings. The van der Waals surface area contributed by atoms with Crippen LogP contribution < -0.4 is 14.8 Å². The maximum Gasteiger partial charge on any atom is 0.161 e. The highest BCUT2D eigenvalue weighted by Crippen LogP contribution is 2.36. The van der Waals surface area contributed by atoms with Crippen molar-refractivity contribution in [2.45, 2.75) is 57.8 Å². The van der Waals surface area contributed by atoms with E-state index in [4.69, 9.17) is 19.4 Å². The summed E-state index contributed by atoms with van der Waals surface area (Å²) < 4.78 is 11.3. The van der Waals surface area contributed by atoms with Gasteiger partial charge in [0.25, 0.3) is 0 Å². The zero-order chi connectivity index (χ0) is 20.3. The minimum Gasteiger partial charge on any atom is -0.486 e. The molecule has 0 atom stereocenters. The van der Waals surface area contributed by atoms with Crippen LogP contribution in [0, 0.1) is 0 Å². The fourth-order valence-corrected chi connectivity index (χ4v) is 5.38. The lowest BCUT2D eigenvalue weighted by atomic mass is 9.88. The standard InChI is InChI=1S/C24H29N3O2S/c1-2-18-15-19-23(26-22(27-24(19)30-18)17-6-4-3-5-7-17)25-11-10-16-8-9-20-21(14-16)29-13-12-28-20/h8-9,14-15,17H,2-7,10-13H2,1H3,(H,25,26,27). The summed E-state index contributed by atoms with van der Waals surface area (Å²) in [5.41, 5.74) is 1.24. The van der Waals surface area contributed by atoms with E-state index in [0.717, 1.165) is 47.4 Å². The van der Waals surface area contributed by atoms with Crippen molar-refractivity contribution in [3.8, 4) is 11.5 Å². The summed E-state index contributed by atoms with van der Waals surface area (Å²) in [6, 6.07) is 8.49. The first-order valence-electron chi connectivity index (χ1n) is 11.2. The second-order valence-electron chi connectivity index (χ2n) is 8.21. The van der Waals surface area contributed by atoms with Gasteiger partial charge in [-0.1, -0.05) is 32.3 Å². The van der Waals surface area contributed by atoms with Crippen molar-refractivity contribution in [2.75, 3.05) is 25.1 Å². The molecule has 0 radical (unpaired) electrons. The first-order chi connectivity index (χ1) is 14.8. The Bertz CT molecular complexity index is 1030. The van der Waals surface area contributed by atoms with Gasteiger partial charge in [-0.3, -0.25) is 0 Å². The van der Waals surface area contributed by atoms with Crippen LogP contribution in [-0.2, 0) is 12.8 Å². The van der Waals surface area contributed by atoms with Crippen molar-refractivity contribution in [3.63, 3.8) is 0 Å². The zero-order valence-electron chi connectivity index (χ0n) is 17.6. The Kier molecular flexibility index (Phi) is 5.75. The summed E-state index contributed by atoms with van der Waals surface area (Å²) in [5.74, 6) is 4.24. The average molecular weight is 424 g/mol. The lowest BCUT2D eigenvalue weighted by molar-refractivity contribution is 0.171. The first kappa shape index (κ1) is 19.6. The van der Waals surface area contributed by atoms with Gasteiger partial charge in [0.05, 0.1) is 5.39 Å². The van der Waals surface area contributed by atoms with Crippen LogP contribution in [0.3, 0.4) is 0 Å². The van der Waals surface area contributed by atoms with Gasteiger partial charge in [-0.05, 0) is 49.4 Å². The molecule has 0 saturated heterocycles. The minimum absolute atomic E-state index is 0.508. The maximum absolute atomic E-state index is 5.72. The van der Waals surface area contributed by atoms with Crippen molar-refractivity contribution in [1.82, 2.24) is 9.97 Å². The Hall–Kier alpha value is -2.34. The van der Waals surface area contributed by atoms with Crippen molar-refractivity contribution in [3.05, 3.63) is 40.5 Å². The highest BCUT2D eigenvalue weighted by molar-refractivity contribution is 7.18. The van der Waals surface area contributed by atoms with E-state index in [1.165, 1.54) is 47.9 Å². The third-order valence-corrected chi connectivity index (χ3v) is 7.27. The van der Waals surface area contributed by atoms with Crippen LogP contribution in [0.25, 0.3) is 10.2 Å².